The monoisotopic (exact) mass is 525 g/mol. The van der Waals surface area contributed by atoms with Crippen molar-refractivity contribution >= 4 is 29.4 Å². The standard InChI is InChI=1S/C31H31N3O5/c1-37-25-14-6-20(7-15-25)18-23-4-3-5-27-29(23)33-34(30(27)21-10-16-26(38-2)17-11-21)28(35)19-39-31(36)22-8-12-24(32)13-9-22/h6-18,27,30H,3-5,19,32H2,1-2H3. The van der Waals surface area contributed by atoms with Crippen molar-refractivity contribution in [3.63, 3.8) is 0 Å². The van der Waals surface area contributed by atoms with Crippen LogP contribution in [0.3, 0.4) is 0 Å². The lowest BCUT2D eigenvalue weighted by molar-refractivity contribution is -0.137. The van der Waals surface area contributed by atoms with Gasteiger partial charge in [0.05, 0.1) is 31.5 Å². The lowest BCUT2D eigenvalue weighted by atomic mass is 9.77. The molecule has 1 saturated carbocycles. The molecule has 5 rings (SSSR count). The number of methoxy groups -OCH3 is 2. The van der Waals surface area contributed by atoms with Crippen molar-refractivity contribution in [1.82, 2.24) is 5.01 Å². The summed E-state index contributed by atoms with van der Waals surface area (Å²) in [6.45, 7) is -0.420. The van der Waals surface area contributed by atoms with E-state index < -0.39 is 12.6 Å². The summed E-state index contributed by atoms with van der Waals surface area (Å²) in [4.78, 5) is 26.0. The van der Waals surface area contributed by atoms with Gasteiger partial charge in [-0.3, -0.25) is 4.79 Å². The molecule has 2 N–H and O–H groups in total. The molecule has 1 aliphatic heterocycles. The molecule has 3 aromatic carbocycles. The van der Waals surface area contributed by atoms with Gasteiger partial charge >= 0.3 is 5.97 Å². The van der Waals surface area contributed by atoms with Gasteiger partial charge in [0.25, 0.3) is 5.91 Å². The quantitative estimate of drug-likeness (QED) is 0.333. The van der Waals surface area contributed by atoms with E-state index in [4.69, 9.17) is 25.0 Å². The Hall–Kier alpha value is -4.59. The van der Waals surface area contributed by atoms with Crippen LogP contribution in [0.15, 0.2) is 83.5 Å². The highest BCUT2D eigenvalue weighted by atomic mass is 16.5. The van der Waals surface area contributed by atoms with Crippen LogP contribution in [0.25, 0.3) is 6.08 Å². The Balaban J connectivity index is 1.43. The summed E-state index contributed by atoms with van der Waals surface area (Å²) in [6, 6.07) is 21.6. The minimum Gasteiger partial charge on any atom is -0.497 e. The highest BCUT2D eigenvalue weighted by molar-refractivity contribution is 6.08. The zero-order valence-corrected chi connectivity index (χ0v) is 22.0. The zero-order valence-electron chi connectivity index (χ0n) is 22.0. The first-order valence-electron chi connectivity index (χ1n) is 12.9. The third-order valence-electron chi connectivity index (χ3n) is 7.14. The molecule has 0 bridgehead atoms. The molecule has 3 aromatic rings. The molecule has 1 amide bonds. The van der Waals surface area contributed by atoms with Gasteiger partial charge in [0.1, 0.15) is 11.5 Å². The summed E-state index contributed by atoms with van der Waals surface area (Å²) in [5, 5.41) is 6.34. The molecule has 0 spiro atoms. The van der Waals surface area contributed by atoms with Crippen LogP contribution in [0.1, 0.15) is 46.8 Å². The number of esters is 1. The number of anilines is 1. The number of ether oxygens (including phenoxy) is 3. The molecule has 0 radical (unpaired) electrons. The fraction of sp³-hybridized carbons (Fsp3) is 0.258. The molecule has 2 aliphatic rings. The highest BCUT2D eigenvalue weighted by Crippen LogP contribution is 2.44. The van der Waals surface area contributed by atoms with Crippen LogP contribution in [-0.4, -0.2) is 43.4 Å². The predicted molar refractivity (Wildman–Crippen MR) is 149 cm³/mol. The number of nitrogen functional groups attached to an aromatic ring is 1. The van der Waals surface area contributed by atoms with E-state index in [1.807, 2.05) is 48.5 Å². The number of hydrogen-bond acceptors (Lipinski definition) is 7. The van der Waals surface area contributed by atoms with Gasteiger partial charge in [-0.1, -0.05) is 24.3 Å². The fourth-order valence-corrected chi connectivity index (χ4v) is 5.14. The van der Waals surface area contributed by atoms with Crippen LogP contribution in [0.2, 0.25) is 0 Å². The van der Waals surface area contributed by atoms with Crippen molar-refractivity contribution in [2.24, 2.45) is 11.0 Å². The number of nitrogens with zero attached hydrogens (tertiary/aromatic N) is 2. The van der Waals surface area contributed by atoms with Crippen LogP contribution in [0.4, 0.5) is 5.69 Å². The Morgan fingerprint density at radius 3 is 2.23 bits per heavy atom. The van der Waals surface area contributed by atoms with Crippen LogP contribution >= 0.6 is 0 Å². The summed E-state index contributed by atoms with van der Waals surface area (Å²) in [6.07, 6.45) is 4.87. The molecular formula is C31H31N3O5. The van der Waals surface area contributed by atoms with E-state index in [1.54, 1.807) is 38.5 Å². The van der Waals surface area contributed by atoms with Crippen LogP contribution in [0.5, 0.6) is 11.5 Å². The van der Waals surface area contributed by atoms with Crippen molar-refractivity contribution in [2.75, 3.05) is 26.6 Å². The number of fused-ring (bicyclic) bond motifs is 1. The van der Waals surface area contributed by atoms with Gasteiger partial charge in [0.2, 0.25) is 0 Å². The second-order valence-corrected chi connectivity index (χ2v) is 9.58. The third-order valence-corrected chi connectivity index (χ3v) is 7.14. The van der Waals surface area contributed by atoms with Gasteiger partial charge in [-0.05, 0) is 90.6 Å². The largest absolute Gasteiger partial charge is 0.497 e. The zero-order chi connectivity index (χ0) is 27.4. The smallest absolute Gasteiger partial charge is 0.338 e. The normalized spacial score (nSPS) is 19.3. The van der Waals surface area contributed by atoms with E-state index in [-0.39, 0.29) is 17.9 Å². The van der Waals surface area contributed by atoms with Crippen LogP contribution in [-0.2, 0) is 9.53 Å². The van der Waals surface area contributed by atoms with E-state index in [0.717, 1.165) is 53.2 Å². The average Bonchev–Trinajstić information content (AvgIpc) is 3.37. The molecule has 39 heavy (non-hydrogen) atoms. The average molecular weight is 526 g/mol. The van der Waals surface area contributed by atoms with E-state index in [9.17, 15) is 9.59 Å². The molecule has 2 unspecified atom stereocenters. The topological polar surface area (TPSA) is 103 Å². The molecule has 0 aromatic heterocycles. The summed E-state index contributed by atoms with van der Waals surface area (Å²) in [5.74, 6) is 0.575. The van der Waals surface area contributed by atoms with Crippen molar-refractivity contribution in [3.8, 4) is 11.5 Å². The molecule has 8 nitrogen and oxygen atoms in total. The molecule has 8 heteroatoms. The van der Waals surface area contributed by atoms with Crippen LogP contribution < -0.4 is 15.2 Å². The maximum absolute atomic E-state index is 13.5. The summed E-state index contributed by atoms with van der Waals surface area (Å²) in [5.41, 5.74) is 10.6. The maximum Gasteiger partial charge on any atom is 0.338 e. The summed E-state index contributed by atoms with van der Waals surface area (Å²) in [7, 11) is 3.26. The summed E-state index contributed by atoms with van der Waals surface area (Å²) >= 11 is 0. The van der Waals surface area contributed by atoms with E-state index in [2.05, 4.69) is 6.08 Å². The van der Waals surface area contributed by atoms with Crippen molar-refractivity contribution in [2.45, 2.75) is 25.3 Å². The van der Waals surface area contributed by atoms with E-state index >= 15 is 0 Å². The minimum absolute atomic E-state index is 0.0217. The number of allylic oxidation sites excluding steroid dienone is 1. The summed E-state index contributed by atoms with van der Waals surface area (Å²) < 4.78 is 16.0. The molecule has 0 saturated heterocycles. The van der Waals surface area contributed by atoms with Gasteiger partial charge in [0.15, 0.2) is 6.61 Å². The lowest BCUT2D eigenvalue weighted by Crippen LogP contribution is -2.34. The number of hydrogen-bond donors (Lipinski definition) is 1. The molecule has 1 heterocycles. The molecule has 200 valence electrons. The molecule has 1 aliphatic carbocycles. The van der Waals surface area contributed by atoms with Crippen molar-refractivity contribution in [3.05, 3.63) is 95.1 Å². The lowest BCUT2D eigenvalue weighted by Gasteiger charge is -2.29. The van der Waals surface area contributed by atoms with Gasteiger partial charge < -0.3 is 19.9 Å². The minimum atomic E-state index is -0.589. The second kappa shape index (κ2) is 11.4. The first kappa shape index (κ1) is 26.0. The number of nitrogens with two attached hydrogens (primary N) is 1. The molecular weight excluding hydrogens is 494 g/mol. The number of benzene rings is 3. The Morgan fingerprint density at radius 1 is 0.949 bits per heavy atom. The van der Waals surface area contributed by atoms with Crippen molar-refractivity contribution in [1.29, 1.82) is 0 Å². The Morgan fingerprint density at radius 2 is 1.59 bits per heavy atom. The van der Waals surface area contributed by atoms with Crippen LogP contribution in [0, 0.1) is 5.92 Å². The number of carbonyl (C=O) groups is 2. The van der Waals surface area contributed by atoms with Gasteiger partial charge in [-0.2, -0.15) is 5.10 Å². The van der Waals surface area contributed by atoms with E-state index in [1.165, 1.54) is 5.01 Å². The Kier molecular flexibility index (Phi) is 7.63. The SMILES string of the molecule is COc1ccc(C=C2CCCC3C2=NN(C(=O)COC(=O)c2ccc(N)cc2)C3c2ccc(OC)cc2)cc1. The number of amides is 1. The third kappa shape index (κ3) is 5.65. The molecule has 2 atom stereocenters. The number of hydrazone groups is 1. The Bertz CT molecular complexity index is 1400. The Labute approximate surface area is 227 Å². The number of rotatable bonds is 7. The predicted octanol–water partition coefficient (Wildman–Crippen LogP) is 5.27. The second-order valence-electron chi connectivity index (χ2n) is 9.58. The first-order chi connectivity index (χ1) is 19.0. The van der Waals surface area contributed by atoms with Gasteiger partial charge in [0, 0.05) is 11.6 Å². The first-order valence-corrected chi connectivity index (χ1v) is 12.9. The maximum atomic E-state index is 13.5. The highest BCUT2D eigenvalue weighted by Gasteiger charge is 2.43. The van der Waals surface area contributed by atoms with E-state index in [0.29, 0.717) is 11.3 Å². The molecule has 1 fully saturated rings. The van der Waals surface area contributed by atoms with Gasteiger partial charge in [-0.15, -0.1) is 0 Å². The fourth-order valence-electron chi connectivity index (χ4n) is 5.14. The number of carbonyl (C=O) groups excluding carboxylic acids is 2. The van der Waals surface area contributed by atoms with Gasteiger partial charge in [-0.25, -0.2) is 9.80 Å². The van der Waals surface area contributed by atoms with Crippen molar-refractivity contribution < 1.29 is 23.8 Å².